The Morgan fingerprint density at radius 3 is 2.95 bits per heavy atom. The Balaban J connectivity index is 1.80. The van der Waals surface area contributed by atoms with Crippen molar-refractivity contribution in [3.8, 4) is 5.75 Å². The third kappa shape index (κ3) is 4.84. The zero-order valence-electron chi connectivity index (χ0n) is 12.0. The molecule has 2 rings (SSSR count). The SMILES string of the molecule is CC(C)COc1ccccc1CNC[C@H]1CCCO1. The van der Waals surface area contributed by atoms with Gasteiger partial charge in [-0.15, -0.1) is 0 Å². The monoisotopic (exact) mass is 263 g/mol. The van der Waals surface area contributed by atoms with Crippen molar-refractivity contribution < 1.29 is 9.47 Å². The molecule has 106 valence electrons. The number of para-hydroxylation sites is 1. The summed E-state index contributed by atoms with van der Waals surface area (Å²) in [6, 6.07) is 8.26. The van der Waals surface area contributed by atoms with Gasteiger partial charge in [-0.3, -0.25) is 0 Å². The van der Waals surface area contributed by atoms with Crippen LogP contribution in [0.3, 0.4) is 0 Å². The Labute approximate surface area is 116 Å². The van der Waals surface area contributed by atoms with Gasteiger partial charge in [-0.05, 0) is 24.8 Å². The van der Waals surface area contributed by atoms with Crippen LogP contribution in [0.15, 0.2) is 24.3 Å². The highest BCUT2D eigenvalue weighted by Crippen LogP contribution is 2.19. The van der Waals surface area contributed by atoms with E-state index in [2.05, 4.69) is 31.3 Å². The smallest absolute Gasteiger partial charge is 0.123 e. The molecule has 1 heterocycles. The average molecular weight is 263 g/mol. The van der Waals surface area contributed by atoms with E-state index in [4.69, 9.17) is 9.47 Å². The summed E-state index contributed by atoms with van der Waals surface area (Å²) in [4.78, 5) is 0. The largest absolute Gasteiger partial charge is 0.493 e. The van der Waals surface area contributed by atoms with E-state index in [0.29, 0.717) is 12.0 Å². The lowest BCUT2D eigenvalue weighted by atomic mass is 10.2. The number of rotatable bonds is 7. The van der Waals surface area contributed by atoms with E-state index in [0.717, 1.165) is 32.1 Å². The molecule has 0 aromatic heterocycles. The summed E-state index contributed by atoms with van der Waals surface area (Å²) in [5.74, 6) is 1.55. The highest BCUT2D eigenvalue weighted by molar-refractivity contribution is 5.33. The first kappa shape index (κ1) is 14.4. The van der Waals surface area contributed by atoms with E-state index in [9.17, 15) is 0 Å². The third-order valence-corrected chi connectivity index (χ3v) is 3.26. The van der Waals surface area contributed by atoms with Crippen LogP contribution < -0.4 is 10.1 Å². The fourth-order valence-electron chi connectivity index (χ4n) is 2.22. The molecular weight excluding hydrogens is 238 g/mol. The molecule has 1 saturated heterocycles. The zero-order chi connectivity index (χ0) is 13.5. The Kier molecular flexibility index (Phi) is 5.67. The second-order valence-electron chi connectivity index (χ2n) is 5.58. The molecule has 1 atom stereocenters. The molecule has 0 unspecified atom stereocenters. The van der Waals surface area contributed by atoms with Crippen molar-refractivity contribution in [1.29, 1.82) is 0 Å². The maximum absolute atomic E-state index is 5.85. The van der Waals surface area contributed by atoms with Crippen LogP contribution in [0.5, 0.6) is 5.75 Å². The maximum Gasteiger partial charge on any atom is 0.123 e. The predicted octanol–water partition coefficient (Wildman–Crippen LogP) is 2.99. The highest BCUT2D eigenvalue weighted by Gasteiger charge is 2.14. The summed E-state index contributed by atoms with van der Waals surface area (Å²) in [5, 5.41) is 3.47. The zero-order valence-corrected chi connectivity index (χ0v) is 12.0. The van der Waals surface area contributed by atoms with Gasteiger partial charge in [-0.1, -0.05) is 32.0 Å². The van der Waals surface area contributed by atoms with Crippen LogP contribution in [0.2, 0.25) is 0 Å². The average Bonchev–Trinajstić information content (AvgIpc) is 2.91. The molecule has 3 nitrogen and oxygen atoms in total. The number of hydrogen-bond donors (Lipinski definition) is 1. The first-order chi connectivity index (χ1) is 9.25. The summed E-state index contributed by atoms with van der Waals surface area (Å²) in [5.41, 5.74) is 1.22. The second-order valence-corrected chi connectivity index (χ2v) is 5.58. The molecule has 0 bridgehead atoms. The number of nitrogens with one attached hydrogen (secondary N) is 1. The molecule has 1 aromatic rings. The van der Waals surface area contributed by atoms with Crippen LogP contribution in [-0.2, 0) is 11.3 Å². The minimum absolute atomic E-state index is 0.392. The van der Waals surface area contributed by atoms with E-state index < -0.39 is 0 Å². The predicted molar refractivity (Wildman–Crippen MR) is 77.5 cm³/mol. The van der Waals surface area contributed by atoms with Crippen molar-refractivity contribution >= 4 is 0 Å². The summed E-state index contributed by atoms with van der Waals surface area (Å²) >= 11 is 0. The number of ether oxygens (including phenoxy) is 2. The molecule has 1 aliphatic heterocycles. The minimum atomic E-state index is 0.392. The fraction of sp³-hybridized carbons (Fsp3) is 0.625. The van der Waals surface area contributed by atoms with Gasteiger partial charge in [0.05, 0.1) is 12.7 Å². The molecule has 1 N–H and O–H groups in total. The molecule has 0 saturated carbocycles. The Hall–Kier alpha value is -1.06. The normalized spacial score (nSPS) is 19.0. The van der Waals surface area contributed by atoms with Gasteiger partial charge < -0.3 is 14.8 Å². The van der Waals surface area contributed by atoms with Gasteiger partial charge in [0.1, 0.15) is 5.75 Å². The van der Waals surface area contributed by atoms with Crippen LogP contribution in [0.1, 0.15) is 32.3 Å². The number of benzene rings is 1. The standard InChI is InChI=1S/C16H25NO2/c1-13(2)12-19-16-8-4-3-6-14(16)10-17-11-15-7-5-9-18-15/h3-4,6,8,13,15,17H,5,7,9-12H2,1-2H3/t15-/m1/s1. The molecule has 19 heavy (non-hydrogen) atoms. The summed E-state index contributed by atoms with van der Waals surface area (Å²) < 4.78 is 11.5. The lowest BCUT2D eigenvalue weighted by Gasteiger charge is -2.15. The van der Waals surface area contributed by atoms with Crippen molar-refractivity contribution in [1.82, 2.24) is 5.32 Å². The van der Waals surface area contributed by atoms with E-state index in [1.165, 1.54) is 18.4 Å². The van der Waals surface area contributed by atoms with Gasteiger partial charge in [0.2, 0.25) is 0 Å². The van der Waals surface area contributed by atoms with E-state index in [1.54, 1.807) is 0 Å². The van der Waals surface area contributed by atoms with Gasteiger partial charge in [-0.25, -0.2) is 0 Å². The second kappa shape index (κ2) is 7.51. The Bertz CT molecular complexity index is 373. The van der Waals surface area contributed by atoms with Gasteiger partial charge >= 0.3 is 0 Å². The highest BCUT2D eigenvalue weighted by atomic mass is 16.5. The van der Waals surface area contributed by atoms with Crippen molar-refractivity contribution in [2.24, 2.45) is 5.92 Å². The van der Waals surface area contributed by atoms with Crippen molar-refractivity contribution in [3.05, 3.63) is 29.8 Å². The Morgan fingerprint density at radius 1 is 1.37 bits per heavy atom. The molecule has 0 radical (unpaired) electrons. The van der Waals surface area contributed by atoms with Crippen LogP contribution in [0.25, 0.3) is 0 Å². The molecule has 3 heteroatoms. The van der Waals surface area contributed by atoms with Gasteiger partial charge in [0.15, 0.2) is 0 Å². The molecule has 0 aliphatic carbocycles. The molecule has 1 aliphatic rings. The fourth-order valence-corrected chi connectivity index (χ4v) is 2.22. The molecular formula is C16H25NO2. The van der Waals surface area contributed by atoms with E-state index >= 15 is 0 Å². The van der Waals surface area contributed by atoms with E-state index in [1.807, 2.05) is 12.1 Å². The third-order valence-electron chi connectivity index (χ3n) is 3.26. The Morgan fingerprint density at radius 2 is 2.21 bits per heavy atom. The molecule has 1 fully saturated rings. The van der Waals surface area contributed by atoms with Gasteiger partial charge in [0.25, 0.3) is 0 Å². The van der Waals surface area contributed by atoms with Crippen LogP contribution in [0.4, 0.5) is 0 Å². The van der Waals surface area contributed by atoms with Gasteiger partial charge in [0, 0.05) is 25.3 Å². The van der Waals surface area contributed by atoms with E-state index in [-0.39, 0.29) is 0 Å². The van der Waals surface area contributed by atoms with Crippen molar-refractivity contribution in [2.75, 3.05) is 19.8 Å². The summed E-state index contributed by atoms with van der Waals surface area (Å²) in [6.07, 6.45) is 2.77. The van der Waals surface area contributed by atoms with Crippen LogP contribution >= 0.6 is 0 Å². The lowest BCUT2D eigenvalue weighted by molar-refractivity contribution is 0.110. The minimum Gasteiger partial charge on any atom is -0.493 e. The first-order valence-corrected chi connectivity index (χ1v) is 7.28. The quantitative estimate of drug-likeness (QED) is 0.820. The van der Waals surface area contributed by atoms with Crippen LogP contribution in [-0.4, -0.2) is 25.9 Å². The van der Waals surface area contributed by atoms with Crippen molar-refractivity contribution in [2.45, 2.75) is 39.3 Å². The first-order valence-electron chi connectivity index (χ1n) is 7.28. The number of hydrogen-bond acceptors (Lipinski definition) is 3. The van der Waals surface area contributed by atoms with Crippen LogP contribution in [0, 0.1) is 5.92 Å². The molecule has 0 amide bonds. The van der Waals surface area contributed by atoms with Gasteiger partial charge in [-0.2, -0.15) is 0 Å². The lowest BCUT2D eigenvalue weighted by Crippen LogP contribution is -2.26. The molecule has 1 aromatic carbocycles. The summed E-state index contributed by atoms with van der Waals surface area (Å²) in [6.45, 7) is 7.78. The summed E-state index contributed by atoms with van der Waals surface area (Å²) in [7, 11) is 0. The maximum atomic E-state index is 5.85. The molecule has 0 spiro atoms. The topological polar surface area (TPSA) is 30.5 Å². The van der Waals surface area contributed by atoms with Crippen molar-refractivity contribution in [3.63, 3.8) is 0 Å².